The molecule has 1 fully saturated rings. The molecule has 0 heterocycles. The molecule has 0 aromatic heterocycles. The van der Waals surface area contributed by atoms with E-state index in [9.17, 15) is 4.39 Å². The second kappa shape index (κ2) is 4.72. The fourth-order valence-electron chi connectivity index (χ4n) is 2.32. The first-order valence-electron chi connectivity index (χ1n) is 5.77. The molecular weight excluding hydrogens is 225 g/mol. The fourth-order valence-corrected chi connectivity index (χ4v) is 2.52. The van der Waals surface area contributed by atoms with Gasteiger partial charge in [0.15, 0.2) is 0 Å². The SMILES string of the molecule is NC1CCC(F)(Cc2ccccc2Cl)CC1. The molecule has 0 amide bonds. The van der Waals surface area contributed by atoms with Gasteiger partial charge in [-0.15, -0.1) is 0 Å². The van der Waals surface area contributed by atoms with Crippen molar-refractivity contribution in [2.24, 2.45) is 5.73 Å². The molecule has 1 aromatic rings. The summed E-state index contributed by atoms with van der Waals surface area (Å²) >= 11 is 6.04. The van der Waals surface area contributed by atoms with Gasteiger partial charge in [-0.2, -0.15) is 0 Å². The van der Waals surface area contributed by atoms with Crippen LogP contribution < -0.4 is 5.73 Å². The summed E-state index contributed by atoms with van der Waals surface area (Å²) in [6, 6.07) is 7.66. The van der Waals surface area contributed by atoms with Crippen molar-refractivity contribution >= 4 is 11.6 Å². The van der Waals surface area contributed by atoms with Crippen molar-refractivity contribution in [3.63, 3.8) is 0 Å². The number of hydrogen-bond donors (Lipinski definition) is 1. The summed E-state index contributed by atoms with van der Waals surface area (Å²) in [5.41, 5.74) is 5.58. The topological polar surface area (TPSA) is 26.0 Å². The molecule has 16 heavy (non-hydrogen) atoms. The molecule has 88 valence electrons. The molecule has 1 aliphatic carbocycles. The van der Waals surface area contributed by atoms with Crippen LogP contribution in [0.5, 0.6) is 0 Å². The maximum atomic E-state index is 14.5. The van der Waals surface area contributed by atoms with Gasteiger partial charge in [0, 0.05) is 17.5 Å². The van der Waals surface area contributed by atoms with Gasteiger partial charge in [-0.3, -0.25) is 0 Å². The Hall–Kier alpha value is -0.600. The lowest BCUT2D eigenvalue weighted by Gasteiger charge is -2.32. The molecule has 0 bridgehead atoms. The van der Waals surface area contributed by atoms with Crippen molar-refractivity contribution in [1.82, 2.24) is 0 Å². The van der Waals surface area contributed by atoms with Gasteiger partial charge >= 0.3 is 0 Å². The smallest absolute Gasteiger partial charge is 0.115 e. The zero-order valence-electron chi connectivity index (χ0n) is 9.26. The lowest BCUT2D eigenvalue weighted by molar-refractivity contribution is 0.0995. The molecule has 0 unspecified atom stereocenters. The standard InChI is InChI=1S/C13H17ClFN/c14-12-4-2-1-3-10(12)9-13(15)7-5-11(16)6-8-13/h1-4,11H,5-9,16H2. The molecule has 0 saturated heterocycles. The van der Waals surface area contributed by atoms with Crippen LogP contribution in [0, 0.1) is 0 Å². The van der Waals surface area contributed by atoms with E-state index in [1.54, 1.807) is 0 Å². The second-order valence-electron chi connectivity index (χ2n) is 4.76. The quantitative estimate of drug-likeness (QED) is 0.843. The van der Waals surface area contributed by atoms with E-state index in [4.69, 9.17) is 17.3 Å². The predicted octanol–water partition coefficient (Wildman–Crippen LogP) is 3.49. The van der Waals surface area contributed by atoms with E-state index in [0.717, 1.165) is 18.4 Å². The number of benzene rings is 1. The zero-order valence-corrected chi connectivity index (χ0v) is 10.0. The summed E-state index contributed by atoms with van der Waals surface area (Å²) in [6.45, 7) is 0. The summed E-state index contributed by atoms with van der Waals surface area (Å²) in [5, 5.41) is 0.661. The molecule has 1 nitrogen and oxygen atoms in total. The minimum atomic E-state index is -1.11. The van der Waals surface area contributed by atoms with Crippen molar-refractivity contribution < 1.29 is 4.39 Å². The van der Waals surface area contributed by atoms with Crippen LogP contribution in [0.2, 0.25) is 5.02 Å². The van der Waals surface area contributed by atoms with Crippen molar-refractivity contribution in [1.29, 1.82) is 0 Å². The first kappa shape index (κ1) is 11.9. The summed E-state index contributed by atoms with van der Waals surface area (Å²) in [4.78, 5) is 0. The van der Waals surface area contributed by atoms with E-state index in [1.807, 2.05) is 24.3 Å². The maximum Gasteiger partial charge on any atom is 0.115 e. The highest BCUT2D eigenvalue weighted by atomic mass is 35.5. The minimum absolute atomic E-state index is 0.176. The Balaban J connectivity index is 2.07. The second-order valence-corrected chi connectivity index (χ2v) is 5.16. The van der Waals surface area contributed by atoms with E-state index >= 15 is 0 Å². The normalized spacial score (nSPS) is 30.3. The summed E-state index contributed by atoms with van der Waals surface area (Å²) < 4.78 is 14.5. The fraction of sp³-hybridized carbons (Fsp3) is 0.538. The van der Waals surface area contributed by atoms with Crippen LogP contribution >= 0.6 is 11.6 Å². The number of alkyl halides is 1. The molecule has 2 rings (SSSR count). The monoisotopic (exact) mass is 241 g/mol. The van der Waals surface area contributed by atoms with Gasteiger partial charge in [-0.05, 0) is 37.3 Å². The number of halogens is 2. The van der Waals surface area contributed by atoms with E-state index in [1.165, 1.54) is 0 Å². The van der Waals surface area contributed by atoms with E-state index in [-0.39, 0.29) is 6.04 Å². The van der Waals surface area contributed by atoms with Crippen molar-refractivity contribution in [2.45, 2.75) is 43.8 Å². The molecule has 1 aromatic carbocycles. The van der Waals surface area contributed by atoms with Crippen molar-refractivity contribution in [3.8, 4) is 0 Å². The van der Waals surface area contributed by atoms with Gasteiger partial charge in [0.2, 0.25) is 0 Å². The molecule has 0 radical (unpaired) electrons. The Labute approximate surface area is 101 Å². The van der Waals surface area contributed by atoms with Crippen molar-refractivity contribution in [3.05, 3.63) is 34.9 Å². The molecule has 1 saturated carbocycles. The predicted molar refractivity (Wildman–Crippen MR) is 65.4 cm³/mol. The molecule has 3 heteroatoms. The van der Waals surface area contributed by atoms with Crippen LogP contribution in [-0.2, 0) is 6.42 Å². The largest absolute Gasteiger partial charge is 0.328 e. The number of nitrogens with two attached hydrogens (primary N) is 1. The average Bonchev–Trinajstić information content (AvgIpc) is 2.27. The summed E-state index contributed by atoms with van der Waals surface area (Å²) in [7, 11) is 0. The van der Waals surface area contributed by atoms with Gasteiger partial charge in [0.05, 0.1) is 0 Å². The molecular formula is C13H17ClFN. The molecule has 1 aliphatic rings. The Kier molecular flexibility index (Phi) is 3.50. The van der Waals surface area contributed by atoms with E-state index in [2.05, 4.69) is 0 Å². The summed E-state index contributed by atoms with van der Waals surface area (Å²) in [6.07, 6.45) is 3.08. The van der Waals surface area contributed by atoms with Crippen LogP contribution in [-0.4, -0.2) is 11.7 Å². The zero-order chi connectivity index (χ0) is 11.6. The Morgan fingerprint density at radius 3 is 2.56 bits per heavy atom. The highest BCUT2D eigenvalue weighted by Gasteiger charge is 2.34. The molecule has 0 spiro atoms. The Morgan fingerprint density at radius 2 is 1.94 bits per heavy atom. The Morgan fingerprint density at radius 1 is 1.31 bits per heavy atom. The van der Waals surface area contributed by atoms with Gasteiger partial charge in [0.25, 0.3) is 0 Å². The maximum absolute atomic E-state index is 14.5. The highest BCUT2D eigenvalue weighted by molar-refractivity contribution is 6.31. The van der Waals surface area contributed by atoms with E-state index < -0.39 is 5.67 Å². The third-order valence-electron chi connectivity index (χ3n) is 3.39. The molecule has 0 aliphatic heterocycles. The lowest BCUT2D eigenvalue weighted by Crippen LogP contribution is -2.37. The number of hydrogen-bond acceptors (Lipinski definition) is 1. The van der Waals surface area contributed by atoms with Crippen LogP contribution in [0.1, 0.15) is 31.2 Å². The minimum Gasteiger partial charge on any atom is -0.328 e. The van der Waals surface area contributed by atoms with Gasteiger partial charge in [0.1, 0.15) is 5.67 Å². The summed E-state index contributed by atoms with van der Waals surface area (Å²) in [5.74, 6) is 0. The third kappa shape index (κ3) is 2.74. The first-order valence-corrected chi connectivity index (χ1v) is 6.15. The van der Waals surface area contributed by atoms with Crippen LogP contribution in [0.3, 0.4) is 0 Å². The van der Waals surface area contributed by atoms with Gasteiger partial charge in [-0.25, -0.2) is 4.39 Å². The third-order valence-corrected chi connectivity index (χ3v) is 3.76. The van der Waals surface area contributed by atoms with Crippen LogP contribution in [0.25, 0.3) is 0 Å². The van der Waals surface area contributed by atoms with Crippen molar-refractivity contribution in [2.75, 3.05) is 0 Å². The highest BCUT2D eigenvalue weighted by Crippen LogP contribution is 2.35. The van der Waals surface area contributed by atoms with E-state index in [0.29, 0.717) is 24.3 Å². The van der Waals surface area contributed by atoms with Gasteiger partial charge in [-0.1, -0.05) is 29.8 Å². The Bertz CT molecular complexity index is 359. The van der Waals surface area contributed by atoms with Crippen LogP contribution in [0.4, 0.5) is 4.39 Å². The first-order chi connectivity index (χ1) is 7.59. The molecule has 0 atom stereocenters. The lowest BCUT2D eigenvalue weighted by atomic mass is 9.80. The van der Waals surface area contributed by atoms with Crippen LogP contribution in [0.15, 0.2) is 24.3 Å². The number of rotatable bonds is 2. The average molecular weight is 242 g/mol. The molecule has 2 N–H and O–H groups in total. The van der Waals surface area contributed by atoms with Gasteiger partial charge < -0.3 is 5.73 Å².